The maximum Gasteiger partial charge on any atom is 0.119 e. The van der Waals surface area contributed by atoms with Crippen LogP contribution in [0.25, 0.3) is 11.3 Å². The van der Waals surface area contributed by atoms with Crippen molar-refractivity contribution in [2.45, 2.75) is 71.1 Å². The Morgan fingerprint density at radius 1 is 0.792 bits per heavy atom. The third kappa shape index (κ3) is 7.20. The van der Waals surface area contributed by atoms with Crippen molar-refractivity contribution >= 4 is 0 Å². The molecule has 1 aromatic carbocycles. The molecule has 3 nitrogen and oxygen atoms in total. The number of hydrogen-bond acceptors (Lipinski definition) is 2. The van der Waals surface area contributed by atoms with E-state index in [-0.39, 0.29) is 0 Å². The van der Waals surface area contributed by atoms with Crippen molar-refractivity contribution in [3.8, 4) is 17.0 Å². The Balaban J connectivity index is 1.47. The average molecular weight is 328 g/mol. The normalized spacial score (nSPS) is 10.9. The zero-order valence-electron chi connectivity index (χ0n) is 15.1. The summed E-state index contributed by atoms with van der Waals surface area (Å²) in [5.41, 5.74) is 2.18. The lowest BCUT2D eigenvalue weighted by Crippen LogP contribution is -1.97. The fourth-order valence-electron chi connectivity index (χ4n) is 2.93. The van der Waals surface area contributed by atoms with Crippen molar-refractivity contribution < 1.29 is 4.74 Å². The molecule has 1 heterocycles. The number of nitrogens with one attached hydrogen (secondary N) is 1. The van der Waals surface area contributed by atoms with Crippen LogP contribution in [0.5, 0.6) is 5.75 Å². The molecule has 2 aromatic rings. The molecule has 0 aliphatic carbocycles. The first-order valence-corrected chi connectivity index (χ1v) is 9.63. The van der Waals surface area contributed by atoms with Crippen molar-refractivity contribution in [1.82, 2.24) is 10.2 Å². The fraction of sp³-hybridized carbons (Fsp3) is 0.571. The van der Waals surface area contributed by atoms with Crippen LogP contribution < -0.4 is 4.74 Å². The van der Waals surface area contributed by atoms with Gasteiger partial charge in [-0.3, -0.25) is 5.10 Å². The van der Waals surface area contributed by atoms with Gasteiger partial charge in [-0.05, 0) is 42.3 Å². The number of aromatic amines is 1. The van der Waals surface area contributed by atoms with Gasteiger partial charge in [0.2, 0.25) is 0 Å². The predicted molar refractivity (Wildman–Crippen MR) is 101 cm³/mol. The van der Waals surface area contributed by atoms with Gasteiger partial charge >= 0.3 is 0 Å². The van der Waals surface area contributed by atoms with E-state index in [1.807, 2.05) is 18.2 Å². The molecule has 0 spiro atoms. The lowest BCUT2D eigenvalue weighted by atomic mass is 10.1. The summed E-state index contributed by atoms with van der Waals surface area (Å²) in [7, 11) is 0. The number of aromatic nitrogens is 2. The Morgan fingerprint density at radius 3 is 2.00 bits per heavy atom. The van der Waals surface area contributed by atoms with Crippen LogP contribution >= 0.6 is 0 Å². The van der Waals surface area contributed by atoms with E-state index in [0.717, 1.165) is 30.0 Å². The molecule has 24 heavy (non-hydrogen) atoms. The number of benzene rings is 1. The van der Waals surface area contributed by atoms with Gasteiger partial charge < -0.3 is 4.74 Å². The molecular formula is C21H32N2O. The molecular weight excluding hydrogens is 296 g/mol. The third-order valence-corrected chi connectivity index (χ3v) is 4.43. The van der Waals surface area contributed by atoms with Gasteiger partial charge in [-0.25, -0.2) is 0 Å². The molecule has 0 radical (unpaired) electrons. The molecule has 0 saturated heterocycles. The van der Waals surface area contributed by atoms with Crippen LogP contribution in [0.2, 0.25) is 0 Å². The quantitative estimate of drug-likeness (QED) is 0.433. The van der Waals surface area contributed by atoms with E-state index < -0.39 is 0 Å². The summed E-state index contributed by atoms with van der Waals surface area (Å²) in [6, 6.07) is 10.2. The highest BCUT2D eigenvalue weighted by Gasteiger charge is 1.99. The van der Waals surface area contributed by atoms with Crippen molar-refractivity contribution in [2.24, 2.45) is 0 Å². The first-order chi connectivity index (χ1) is 11.9. The highest BCUT2D eigenvalue weighted by molar-refractivity contribution is 5.59. The SMILES string of the molecule is CCCCCCCCCCCCOc1ccc(-c2ccn[nH]2)cc1. The van der Waals surface area contributed by atoms with E-state index in [1.165, 1.54) is 57.8 Å². The van der Waals surface area contributed by atoms with E-state index in [9.17, 15) is 0 Å². The smallest absolute Gasteiger partial charge is 0.119 e. The monoisotopic (exact) mass is 328 g/mol. The van der Waals surface area contributed by atoms with Crippen molar-refractivity contribution in [3.05, 3.63) is 36.5 Å². The molecule has 2 rings (SSSR count). The predicted octanol–water partition coefficient (Wildman–Crippen LogP) is 6.38. The number of unbranched alkanes of at least 4 members (excludes halogenated alkanes) is 9. The summed E-state index contributed by atoms with van der Waals surface area (Å²) < 4.78 is 5.82. The molecule has 0 saturated carbocycles. The van der Waals surface area contributed by atoms with Crippen LogP contribution in [0.1, 0.15) is 71.1 Å². The van der Waals surface area contributed by atoms with Gasteiger partial charge in [0.1, 0.15) is 5.75 Å². The summed E-state index contributed by atoms with van der Waals surface area (Å²) >= 11 is 0. The summed E-state index contributed by atoms with van der Waals surface area (Å²) in [6.07, 6.45) is 15.3. The summed E-state index contributed by atoms with van der Waals surface area (Å²) in [5.74, 6) is 0.953. The fourth-order valence-corrected chi connectivity index (χ4v) is 2.93. The number of nitrogens with zero attached hydrogens (tertiary/aromatic N) is 1. The highest BCUT2D eigenvalue weighted by Crippen LogP contribution is 2.20. The summed E-state index contributed by atoms with van der Waals surface area (Å²) in [5, 5.41) is 6.95. The topological polar surface area (TPSA) is 37.9 Å². The standard InChI is InChI=1S/C21H32N2O/c1-2-3-4-5-6-7-8-9-10-11-18-24-20-14-12-19(13-15-20)21-16-17-22-23-21/h12-17H,2-11,18H2,1H3,(H,22,23). The number of hydrogen-bond donors (Lipinski definition) is 1. The maximum absolute atomic E-state index is 5.82. The molecule has 3 heteroatoms. The molecule has 0 bridgehead atoms. The number of H-pyrrole nitrogens is 1. The summed E-state index contributed by atoms with van der Waals surface area (Å²) in [6.45, 7) is 3.09. The molecule has 0 amide bonds. The minimum absolute atomic E-state index is 0.819. The van der Waals surface area contributed by atoms with E-state index in [0.29, 0.717) is 0 Å². The zero-order valence-corrected chi connectivity index (χ0v) is 15.1. The first kappa shape index (κ1) is 18.6. The Morgan fingerprint density at radius 2 is 1.42 bits per heavy atom. The maximum atomic E-state index is 5.82. The second-order valence-corrected chi connectivity index (χ2v) is 6.53. The lowest BCUT2D eigenvalue weighted by Gasteiger charge is -2.07. The molecule has 0 unspecified atom stereocenters. The van der Waals surface area contributed by atoms with Gasteiger partial charge in [-0.15, -0.1) is 0 Å². The van der Waals surface area contributed by atoms with E-state index in [1.54, 1.807) is 6.20 Å². The van der Waals surface area contributed by atoms with E-state index in [4.69, 9.17) is 4.74 Å². The van der Waals surface area contributed by atoms with Gasteiger partial charge in [-0.2, -0.15) is 5.10 Å². The number of ether oxygens (including phenoxy) is 1. The molecule has 1 aromatic heterocycles. The Bertz CT molecular complexity index is 519. The van der Waals surface area contributed by atoms with Crippen LogP contribution in [-0.2, 0) is 0 Å². The Labute approximate surface area is 146 Å². The second-order valence-electron chi connectivity index (χ2n) is 6.53. The third-order valence-electron chi connectivity index (χ3n) is 4.43. The van der Waals surface area contributed by atoms with Gasteiger partial charge in [0, 0.05) is 6.20 Å². The molecule has 1 N–H and O–H groups in total. The van der Waals surface area contributed by atoms with Gasteiger partial charge in [0.15, 0.2) is 0 Å². The van der Waals surface area contributed by atoms with Crippen molar-refractivity contribution in [1.29, 1.82) is 0 Å². The summed E-state index contributed by atoms with van der Waals surface area (Å²) in [4.78, 5) is 0. The number of rotatable bonds is 13. The van der Waals surface area contributed by atoms with Gasteiger partial charge in [0.25, 0.3) is 0 Å². The highest BCUT2D eigenvalue weighted by atomic mass is 16.5. The average Bonchev–Trinajstić information content (AvgIpc) is 3.15. The zero-order chi connectivity index (χ0) is 16.9. The van der Waals surface area contributed by atoms with E-state index in [2.05, 4.69) is 29.3 Å². The molecule has 0 atom stereocenters. The van der Waals surface area contributed by atoms with Gasteiger partial charge in [-0.1, -0.05) is 64.7 Å². The van der Waals surface area contributed by atoms with Crippen LogP contribution in [0.4, 0.5) is 0 Å². The van der Waals surface area contributed by atoms with Crippen LogP contribution in [0.3, 0.4) is 0 Å². The largest absolute Gasteiger partial charge is 0.494 e. The van der Waals surface area contributed by atoms with Crippen LogP contribution in [0, 0.1) is 0 Å². The van der Waals surface area contributed by atoms with Gasteiger partial charge in [0.05, 0.1) is 12.3 Å². The molecule has 0 aliphatic heterocycles. The molecule has 132 valence electrons. The van der Waals surface area contributed by atoms with Crippen LogP contribution in [-0.4, -0.2) is 16.8 Å². The Kier molecular flexibility index (Phi) is 9.07. The van der Waals surface area contributed by atoms with E-state index >= 15 is 0 Å². The second kappa shape index (κ2) is 11.7. The minimum atomic E-state index is 0.819. The van der Waals surface area contributed by atoms with Crippen LogP contribution in [0.15, 0.2) is 36.5 Å². The first-order valence-electron chi connectivity index (χ1n) is 9.63. The van der Waals surface area contributed by atoms with Crippen molar-refractivity contribution in [2.75, 3.05) is 6.61 Å². The lowest BCUT2D eigenvalue weighted by molar-refractivity contribution is 0.304. The molecule has 0 aliphatic rings. The minimum Gasteiger partial charge on any atom is -0.494 e. The Hall–Kier alpha value is -1.77. The molecule has 0 fully saturated rings. The van der Waals surface area contributed by atoms with Crippen molar-refractivity contribution in [3.63, 3.8) is 0 Å².